The van der Waals surface area contributed by atoms with Gasteiger partial charge in [-0.2, -0.15) is 0 Å². The van der Waals surface area contributed by atoms with Crippen molar-refractivity contribution in [3.63, 3.8) is 0 Å². The number of hydrazine groups is 1. The van der Waals surface area contributed by atoms with Gasteiger partial charge >= 0.3 is 0 Å². The molecule has 0 aromatic heterocycles. The molecule has 0 saturated heterocycles. The van der Waals surface area contributed by atoms with E-state index in [1.165, 1.54) is 12.1 Å². The first-order valence-electron chi connectivity index (χ1n) is 7.19. The molecule has 3 nitrogen and oxygen atoms in total. The van der Waals surface area contributed by atoms with Crippen LogP contribution in [0.4, 0.5) is 4.39 Å². The second-order valence-electron chi connectivity index (χ2n) is 6.59. The molecule has 1 aromatic carbocycles. The van der Waals surface area contributed by atoms with Crippen LogP contribution in [0.1, 0.15) is 51.1 Å². The summed E-state index contributed by atoms with van der Waals surface area (Å²) >= 11 is 0. The van der Waals surface area contributed by atoms with Crippen LogP contribution in [-0.2, 0) is 4.74 Å². The second-order valence-corrected chi connectivity index (χ2v) is 6.59. The summed E-state index contributed by atoms with van der Waals surface area (Å²) in [4.78, 5) is 0. The Morgan fingerprint density at radius 1 is 1.25 bits per heavy atom. The standard InChI is InChI=1S/C16H25FN2O/c1-15(2)7-9-16(20-3,10-8-15)14(19-18)12-5-4-6-13(17)11-12/h4-6,11,14,19H,7-10,18H2,1-3H3. The SMILES string of the molecule is COC1(C(NN)c2cccc(F)c2)CCC(C)(C)CC1. The molecule has 1 aromatic rings. The van der Waals surface area contributed by atoms with E-state index in [-0.39, 0.29) is 17.5 Å². The minimum absolute atomic E-state index is 0.195. The van der Waals surface area contributed by atoms with E-state index in [0.717, 1.165) is 31.2 Å². The van der Waals surface area contributed by atoms with Gasteiger partial charge in [-0.15, -0.1) is 0 Å². The average molecular weight is 280 g/mol. The number of rotatable bonds is 4. The Morgan fingerprint density at radius 3 is 2.40 bits per heavy atom. The van der Waals surface area contributed by atoms with E-state index in [9.17, 15) is 4.39 Å². The number of nitrogens with two attached hydrogens (primary N) is 1. The Labute approximate surface area is 120 Å². The van der Waals surface area contributed by atoms with Crippen molar-refractivity contribution in [2.45, 2.75) is 51.2 Å². The number of methoxy groups -OCH3 is 1. The zero-order chi connectivity index (χ0) is 14.8. The molecule has 2 rings (SSSR count). The minimum Gasteiger partial charge on any atom is -0.376 e. The average Bonchev–Trinajstić information content (AvgIpc) is 2.42. The molecule has 3 N–H and O–H groups in total. The van der Waals surface area contributed by atoms with E-state index in [4.69, 9.17) is 10.6 Å². The monoisotopic (exact) mass is 280 g/mol. The number of ether oxygens (including phenoxy) is 1. The highest BCUT2D eigenvalue weighted by Gasteiger charge is 2.44. The predicted octanol–water partition coefficient (Wildman–Crippen LogP) is 3.32. The third kappa shape index (κ3) is 3.03. The van der Waals surface area contributed by atoms with Crippen LogP contribution in [0.25, 0.3) is 0 Å². The summed E-state index contributed by atoms with van der Waals surface area (Å²) < 4.78 is 19.3. The summed E-state index contributed by atoms with van der Waals surface area (Å²) in [5.74, 6) is 5.52. The van der Waals surface area contributed by atoms with Gasteiger partial charge in [0.2, 0.25) is 0 Å². The van der Waals surface area contributed by atoms with Crippen molar-refractivity contribution in [1.82, 2.24) is 5.43 Å². The molecular formula is C16H25FN2O. The molecule has 1 saturated carbocycles. The summed E-state index contributed by atoms with van der Waals surface area (Å²) in [5, 5.41) is 0. The Kier molecular flexibility index (Phi) is 4.47. The molecular weight excluding hydrogens is 255 g/mol. The van der Waals surface area contributed by atoms with Crippen LogP contribution in [-0.4, -0.2) is 12.7 Å². The van der Waals surface area contributed by atoms with Crippen LogP contribution in [0.5, 0.6) is 0 Å². The van der Waals surface area contributed by atoms with Gasteiger partial charge in [0.05, 0.1) is 11.6 Å². The normalized spacial score (nSPS) is 22.4. The van der Waals surface area contributed by atoms with Gasteiger partial charge in [-0.05, 0) is 48.8 Å². The Bertz CT molecular complexity index is 452. The van der Waals surface area contributed by atoms with Crippen LogP contribution in [0.2, 0.25) is 0 Å². The van der Waals surface area contributed by atoms with E-state index in [1.54, 1.807) is 13.2 Å². The fraction of sp³-hybridized carbons (Fsp3) is 0.625. The lowest BCUT2D eigenvalue weighted by molar-refractivity contribution is -0.0877. The van der Waals surface area contributed by atoms with Crippen molar-refractivity contribution in [2.24, 2.45) is 11.3 Å². The Hall–Kier alpha value is -0.970. The molecule has 4 heteroatoms. The summed E-state index contributed by atoms with van der Waals surface area (Å²) in [6.45, 7) is 4.55. The molecule has 1 unspecified atom stereocenters. The van der Waals surface area contributed by atoms with Crippen LogP contribution < -0.4 is 11.3 Å². The molecule has 20 heavy (non-hydrogen) atoms. The quantitative estimate of drug-likeness (QED) is 0.657. The lowest BCUT2D eigenvalue weighted by Crippen LogP contribution is -2.51. The zero-order valence-corrected chi connectivity index (χ0v) is 12.6. The van der Waals surface area contributed by atoms with Gasteiger partial charge in [0.25, 0.3) is 0 Å². The van der Waals surface area contributed by atoms with Crippen LogP contribution >= 0.6 is 0 Å². The molecule has 112 valence electrons. The van der Waals surface area contributed by atoms with Gasteiger partial charge < -0.3 is 4.74 Å². The van der Waals surface area contributed by atoms with Crippen molar-refractivity contribution in [3.8, 4) is 0 Å². The zero-order valence-electron chi connectivity index (χ0n) is 12.6. The predicted molar refractivity (Wildman–Crippen MR) is 78.5 cm³/mol. The third-order valence-electron chi connectivity index (χ3n) is 4.73. The highest BCUT2D eigenvalue weighted by atomic mass is 19.1. The molecule has 0 heterocycles. The summed E-state index contributed by atoms with van der Waals surface area (Å²) in [6, 6.07) is 6.39. The lowest BCUT2D eigenvalue weighted by Gasteiger charge is -2.47. The minimum atomic E-state index is -0.363. The number of hydrogen-bond donors (Lipinski definition) is 2. The van der Waals surface area contributed by atoms with Gasteiger partial charge in [-0.1, -0.05) is 26.0 Å². The van der Waals surface area contributed by atoms with E-state index >= 15 is 0 Å². The first-order chi connectivity index (χ1) is 9.42. The molecule has 1 atom stereocenters. The first kappa shape index (κ1) is 15.4. The summed E-state index contributed by atoms with van der Waals surface area (Å²) in [5.41, 5.74) is 3.66. The maximum Gasteiger partial charge on any atom is 0.123 e. The molecule has 0 radical (unpaired) electrons. The molecule has 1 fully saturated rings. The number of benzene rings is 1. The Balaban J connectivity index is 2.29. The Morgan fingerprint density at radius 2 is 1.90 bits per heavy atom. The largest absolute Gasteiger partial charge is 0.376 e. The van der Waals surface area contributed by atoms with Crippen LogP contribution in [0.3, 0.4) is 0 Å². The molecule has 0 amide bonds. The van der Waals surface area contributed by atoms with E-state index in [0.29, 0.717) is 5.41 Å². The fourth-order valence-electron chi connectivity index (χ4n) is 3.20. The van der Waals surface area contributed by atoms with Gasteiger partial charge in [-0.3, -0.25) is 11.3 Å². The summed E-state index contributed by atoms with van der Waals surface area (Å²) in [7, 11) is 1.72. The lowest BCUT2D eigenvalue weighted by atomic mass is 9.67. The maximum atomic E-state index is 13.5. The van der Waals surface area contributed by atoms with E-state index in [2.05, 4.69) is 19.3 Å². The van der Waals surface area contributed by atoms with Crippen molar-refractivity contribution in [3.05, 3.63) is 35.6 Å². The van der Waals surface area contributed by atoms with Crippen molar-refractivity contribution >= 4 is 0 Å². The summed E-state index contributed by atoms with van der Waals surface area (Å²) in [6.07, 6.45) is 3.99. The highest BCUT2D eigenvalue weighted by molar-refractivity contribution is 5.24. The van der Waals surface area contributed by atoms with Gasteiger partial charge in [0.1, 0.15) is 5.82 Å². The van der Waals surface area contributed by atoms with Crippen molar-refractivity contribution in [2.75, 3.05) is 7.11 Å². The molecule has 1 aliphatic rings. The van der Waals surface area contributed by atoms with Gasteiger partial charge in [0.15, 0.2) is 0 Å². The second kappa shape index (κ2) is 5.80. The molecule has 1 aliphatic carbocycles. The van der Waals surface area contributed by atoms with E-state index in [1.807, 2.05) is 6.07 Å². The fourth-order valence-corrected chi connectivity index (χ4v) is 3.20. The third-order valence-corrected chi connectivity index (χ3v) is 4.73. The van der Waals surface area contributed by atoms with Gasteiger partial charge in [-0.25, -0.2) is 4.39 Å². The first-order valence-corrected chi connectivity index (χ1v) is 7.19. The smallest absolute Gasteiger partial charge is 0.123 e. The van der Waals surface area contributed by atoms with Crippen molar-refractivity contribution in [1.29, 1.82) is 0 Å². The molecule has 0 spiro atoms. The van der Waals surface area contributed by atoms with Gasteiger partial charge in [0, 0.05) is 7.11 Å². The van der Waals surface area contributed by atoms with E-state index < -0.39 is 0 Å². The number of nitrogens with one attached hydrogen (secondary N) is 1. The van der Waals surface area contributed by atoms with Crippen LogP contribution in [0, 0.1) is 11.2 Å². The topological polar surface area (TPSA) is 47.3 Å². The van der Waals surface area contributed by atoms with Crippen molar-refractivity contribution < 1.29 is 9.13 Å². The maximum absolute atomic E-state index is 13.5. The number of hydrogen-bond acceptors (Lipinski definition) is 3. The van der Waals surface area contributed by atoms with Crippen LogP contribution in [0.15, 0.2) is 24.3 Å². The molecule has 0 aliphatic heterocycles. The number of halogens is 1. The molecule has 0 bridgehead atoms. The highest BCUT2D eigenvalue weighted by Crippen LogP contribution is 2.47.